The van der Waals surface area contributed by atoms with Gasteiger partial charge >= 0.3 is 5.69 Å². The standard InChI is InChI=1S/C19H27N3O3/c1-11(19-8-12-4-13(9-19)6-14(5-12)10-19)20-17(24)15-7-16(23)22(3)18(25)21(15)2/h7,11-14H,4-6,8-10H2,1-3H3,(H,20,24). The van der Waals surface area contributed by atoms with Gasteiger partial charge in [0.25, 0.3) is 11.5 Å². The van der Waals surface area contributed by atoms with Crippen LogP contribution in [0.1, 0.15) is 55.9 Å². The fourth-order valence-corrected chi connectivity index (χ4v) is 6.08. The van der Waals surface area contributed by atoms with E-state index in [1.54, 1.807) is 0 Å². The highest BCUT2D eigenvalue weighted by atomic mass is 16.2. The van der Waals surface area contributed by atoms with Gasteiger partial charge in [-0.05, 0) is 68.6 Å². The molecule has 1 aromatic rings. The van der Waals surface area contributed by atoms with Gasteiger partial charge in [0, 0.05) is 26.2 Å². The number of nitrogens with one attached hydrogen (secondary N) is 1. The van der Waals surface area contributed by atoms with E-state index in [1.807, 2.05) is 0 Å². The highest BCUT2D eigenvalue weighted by Gasteiger charge is 2.53. The monoisotopic (exact) mass is 345 g/mol. The number of carbonyl (C=O) groups is 1. The molecule has 4 fully saturated rings. The fraction of sp³-hybridized carbons (Fsp3) is 0.737. The largest absolute Gasteiger partial charge is 0.348 e. The summed E-state index contributed by atoms with van der Waals surface area (Å²) < 4.78 is 2.27. The maximum absolute atomic E-state index is 12.8. The van der Waals surface area contributed by atoms with Crippen LogP contribution in [0.5, 0.6) is 0 Å². The van der Waals surface area contributed by atoms with Crippen molar-refractivity contribution in [1.82, 2.24) is 14.5 Å². The van der Waals surface area contributed by atoms with Crippen LogP contribution >= 0.6 is 0 Å². The number of aromatic nitrogens is 2. The summed E-state index contributed by atoms with van der Waals surface area (Å²) in [6.07, 6.45) is 7.71. The van der Waals surface area contributed by atoms with E-state index in [0.29, 0.717) is 0 Å². The second-order valence-corrected chi connectivity index (χ2v) is 8.74. The Balaban J connectivity index is 1.58. The van der Waals surface area contributed by atoms with E-state index in [1.165, 1.54) is 63.3 Å². The molecule has 25 heavy (non-hydrogen) atoms. The molecule has 4 saturated carbocycles. The van der Waals surface area contributed by atoms with Crippen LogP contribution in [-0.4, -0.2) is 21.1 Å². The lowest BCUT2D eigenvalue weighted by molar-refractivity contribution is -0.0688. The van der Waals surface area contributed by atoms with E-state index in [0.717, 1.165) is 22.3 Å². The molecule has 136 valence electrons. The van der Waals surface area contributed by atoms with Crippen LogP contribution in [0.15, 0.2) is 15.7 Å². The smallest absolute Gasteiger partial charge is 0.331 e. The summed E-state index contributed by atoms with van der Waals surface area (Å²) in [6, 6.07) is 1.32. The molecule has 0 aliphatic heterocycles. The number of hydrogen-bond donors (Lipinski definition) is 1. The van der Waals surface area contributed by atoms with Crippen molar-refractivity contribution in [3.05, 3.63) is 32.6 Å². The average Bonchev–Trinajstić information content (AvgIpc) is 2.54. The summed E-state index contributed by atoms with van der Waals surface area (Å²) in [4.78, 5) is 36.7. The summed E-state index contributed by atoms with van der Waals surface area (Å²) in [7, 11) is 2.95. The van der Waals surface area contributed by atoms with E-state index in [-0.39, 0.29) is 23.1 Å². The molecule has 6 heteroatoms. The van der Waals surface area contributed by atoms with Crippen LogP contribution in [0, 0.1) is 23.2 Å². The second-order valence-electron chi connectivity index (χ2n) is 8.74. The first-order valence-corrected chi connectivity index (χ1v) is 9.37. The molecule has 0 aromatic carbocycles. The van der Waals surface area contributed by atoms with Crippen molar-refractivity contribution in [3.63, 3.8) is 0 Å². The molecule has 4 bridgehead atoms. The molecule has 1 aromatic heterocycles. The highest BCUT2D eigenvalue weighted by molar-refractivity contribution is 5.92. The predicted molar refractivity (Wildman–Crippen MR) is 94.5 cm³/mol. The summed E-state index contributed by atoms with van der Waals surface area (Å²) in [5, 5.41) is 3.12. The third-order valence-corrected chi connectivity index (χ3v) is 7.11. The van der Waals surface area contributed by atoms with Crippen molar-refractivity contribution in [1.29, 1.82) is 0 Å². The maximum Gasteiger partial charge on any atom is 0.331 e. The Morgan fingerprint density at radius 1 is 1.08 bits per heavy atom. The topological polar surface area (TPSA) is 73.1 Å². The van der Waals surface area contributed by atoms with Crippen LogP contribution in [0.3, 0.4) is 0 Å². The summed E-state index contributed by atoms with van der Waals surface area (Å²) in [5.41, 5.74) is -0.580. The minimum Gasteiger partial charge on any atom is -0.348 e. The summed E-state index contributed by atoms with van der Waals surface area (Å²) in [5.74, 6) is 2.14. The first kappa shape index (κ1) is 16.6. The Morgan fingerprint density at radius 3 is 2.12 bits per heavy atom. The van der Waals surface area contributed by atoms with Gasteiger partial charge in [0.1, 0.15) is 5.69 Å². The molecule has 0 radical (unpaired) electrons. The van der Waals surface area contributed by atoms with E-state index < -0.39 is 11.2 Å². The molecular formula is C19H27N3O3. The zero-order valence-electron chi connectivity index (χ0n) is 15.2. The van der Waals surface area contributed by atoms with Crippen molar-refractivity contribution in [2.75, 3.05) is 0 Å². The van der Waals surface area contributed by atoms with Gasteiger partial charge in [-0.1, -0.05) is 0 Å². The van der Waals surface area contributed by atoms with Crippen LogP contribution < -0.4 is 16.6 Å². The quantitative estimate of drug-likeness (QED) is 0.900. The van der Waals surface area contributed by atoms with Crippen LogP contribution in [0.25, 0.3) is 0 Å². The Hall–Kier alpha value is -1.85. The van der Waals surface area contributed by atoms with Gasteiger partial charge in [0.05, 0.1) is 0 Å². The lowest BCUT2D eigenvalue weighted by Crippen LogP contribution is -2.56. The molecule has 1 amide bonds. The first-order chi connectivity index (χ1) is 11.8. The lowest BCUT2D eigenvalue weighted by Gasteiger charge is -2.59. The van der Waals surface area contributed by atoms with Gasteiger partial charge in [-0.15, -0.1) is 0 Å². The minimum atomic E-state index is -0.472. The first-order valence-electron chi connectivity index (χ1n) is 9.37. The maximum atomic E-state index is 12.8. The predicted octanol–water partition coefficient (Wildman–Crippen LogP) is 1.42. The molecule has 1 heterocycles. The normalized spacial score (nSPS) is 34.1. The molecular weight excluding hydrogens is 318 g/mol. The van der Waals surface area contributed by atoms with Gasteiger partial charge in [-0.2, -0.15) is 0 Å². The zero-order chi connectivity index (χ0) is 17.9. The van der Waals surface area contributed by atoms with Crippen molar-refractivity contribution in [2.24, 2.45) is 37.3 Å². The number of nitrogens with zero attached hydrogens (tertiary/aromatic N) is 2. The SMILES string of the molecule is CC(NC(=O)c1cc(=O)n(C)c(=O)n1C)C12CC3CC(CC(C3)C1)C2. The lowest BCUT2D eigenvalue weighted by atomic mass is 9.48. The second kappa shape index (κ2) is 5.58. The van der Waals surface area contributed by atoms with Crippen LogP contribution in [-0.2, 0) is 14.1 Å². The van der Waals surface area contributed by atoms with Crippen LogP contribution in [0.2, 0.25) is 0 Å². The molecule has 4 aliphatic rings. The van der Waals surface area contributed by atoms with E-state index in [2.05, 4.69) is 12.2 Å². The molecule has 0 spiro atoms. The molecule has 1 atom stereocenters. The van der Waals surface area contributed by atoms with Crippen molar-refractivity contribution >= 4 is 5.91 Å². The Morgan fingerprint density at radius 2 is 1.60 bits per heavy atom. The molecule has 6 nitrogen and oxygen atoms in total. The van der Waals surface area contributed by atoms with E-state index in [4.69, 9.17) is 0 Å². The minimum absolute atomic E-state index is 0.0626. The number of rotatable bonds is 3. The Labute approximate surface area is 147 Å². The van der Waals surface area contributed by atoms with Crippen molar-refractivity contribution in [2.45, 2.75) is 51.5 Å². The molecule has 4 aliphatic carbocycles. The zero-order valence-corrected chi connectivity index (χ0v) is 15.2. The van der Waals surface area contributed by atoms with E-state index >= 15 is 0 Å². The highest BCUT2D eigenvalue weighted by Crippen LogP contribution is 2.61. The third-order valence-electron chi connectivity index (χ3n) is 7.11. The average molecular weight is 345 g/mol. The van der Waals surface area contributed by atoms with Gasteiger partial charge in [-0.3, -0.25) is 18.7 Å². The molecule has 1 N–H and O–H groups in total. The van der Waals surface area contributed by atoms with Gasteiger partial charge in [0.2, 0.25) is 0 Å². The van der Waals surface area contributed by atoms with E-state index in [9.17, 15) is 14.4 Å². The third kappa shape index (κ3) is 2.57. The number of hydrogen-bond acceptors (Lipinski definition) is 3. The van der Waals surface area contributed by atoms with Gasteiger partial charge in [0.15, 0.2) is 0 Å². The van der Waals surface area contributed by atoms with Gasteiger partial charge < -0.3 is 5.32 Å². The van der Waals surface area contributed by atoms with Gasteiger partial charge in [-0.25, -0.2) is 4.79 Å². The molecule has 5 rings (SSSR count). The van der Waals surface area contributed by atoms with Crippen LogP contribution in [0.4, 0.5) is 0 Å². The summed E-state index contributed by atoms with van der Waals surface area (Å²) >= 11 is 0. The fourth-order valence-electron chi connectivity index (χ4n) is 6.08. The molecule has 0 saturated heterocycles. The Bertz CT molecular complexity index is 800. The number of amides is 1. The summed E-state index contributed by atoms with van der Waals surface area (Å²) in [6.45, 7) is 2.10. The van der Waals surface area contributed by atoms with Crippen molar-refractivity contribution in [3.8, 4) is 0 Å². The number of carbonyl (C=O) groups excluding carboxylic acids is 1. The molecule has 1 unspecified atom stereocenters. The van der Waals surface area contributed by atoms with Crippen molar-refractivity contribution < 1.29 is 4.79 Å². The Kier molecular flexibility index (Phi) is 3.71.